The Bertz CT molecular complexity index is 331. The first-order valence-electron chi connectivity index (χ1n) is 5.06. The zero-order valence-corrected chi connectivity index (χ0v) is 9.05. The van der Waals surface area contributed by atoms with Gasteiger partial charge in [0.15, 0.2) is 0 Å². The van der Waals surface area contributed by atoms with E-state index < -0.39 is 0 Å². The second kappa shape index (κ2) is 4.80. The van der Waals surface area contributed by atoms with Crippen LogP contribution >= 0.6 is 0 Å². The van der Waals surface area contributed by atoms with E-state index in [0.29, 0.717) is 0 Å². The number of hydrogen-bond acceptors (Lipinski definition) is 1. The second-order valence-electron chi connectivity index (χ2n) is 3.38. The molecule has 1 aromatic rings. The smallest absolute Gasteiger partial charge is 0.221 e. The van der Waals surface area contributed by atoms with Gasteiger partial charge in [-0.15, -0.1) is 0 Å². The zero-order valence-electron chi connectivity index (χ0n) is 9.05. The fraction of sp³-hybridized carbons (Fsp3) is 0.417. The minimum Gasteiger partial charge on any atom is -0.326 e. The predicted molar refractivity (Wildman–Crippen MR) is 59.5 cm³/mol. The molecule has 0 fully saturated rings. The molecule has 2 heteroatoms. The number of amides is 1. The van der Waals surface area contributed by atoms with Crippen molar-refractivity contribution in [2.45, 2.75) is 33.6 Å². The Balaban J connectivity index is 3.01. The molecule has 0 saturated carbocycles. The van der Waals surface area contributed by atoms with Crippen LogP contribution in [0.3, 0.4) is 0 Å². The SMILES string of the molecule is CCc1ccc(CC)c(NC(C)=O)c1. The highest BCUT2D eigenvalue weighted by Gasteiger charge is 2.02. The minimum absolute atomic E-state index is 0.00652. The molecule has 0 aliphatic rings. The molecule has 0 aromatic heterocycles. The third kappa shape index (κ3) is 2.59. The van der Waals surface area contributed by atoms with E-state index in [1.165, 1.54) is 18.1 Å². The van der Waals surface area contributed by atoms with Gasteiger partial charge in [0, 0.05) is 12.6 Å². The van der Waals surface area contributed by atoms with Crippen molar-refractivity contribution in [2.75, 3.05) is 5.32 Å². The van der Waals surface area contributed by atoms with Crippen molar-refractivity contribution in [3.05, 3.63) is 29.3 Å². The molecule has 0 spiro atoms. The standard InChI is InChI=1S/C12H17NO/c1-4-10-6-7-11(5-2)12(8-10)13-9(3)14/h6-8H,4-5H2,1-3H3,(H,13,14). The normalized spacial score (nSPS) is 9.93. The molecule has 1 aromatic carbocycles. The van der Waals surface area contributed by atoms with Crippen molar-refractivity contribution in [3.63, 3.8) is 0 Å². The van der Waals surface area contributed by atoms with Gasteiger partial charge in [0.2, 0.25) is 5.91 Å². The highest BCUT2D eigenvalue weighted by Crippen LogP contribution is 2.18. The van der Waals surface area contributed by atoms with Crippen LogP contribution in [-0.4, -0.2) is 5.91 Å². The van der Waals surface area contributed by atoms with Gasteiger partial charge in [-0.05, 0) is 30.0 Å². The van der Waals surface area contributed by atoms with E-state index >= 15 is 0 Å². The molecular weight excluding hydrogens is 174 g/mol. The number of nitrogens with one attached hydrogen (secondary N) is 1. The van der Waals surface area contributed by atoms with E-state index in [4.69, 9.17) is 0 Å². The first-order chi connectivity index (χ1) is 6.67. The maximum absolute atomic E-state index is 11.0. The fourth-order valence-corrected chi connectivity index (χ4v) is 1.46. The lowest BCUT2D eigenvalue weighted by Gasteiger charge is -2.09. The third-order valence-corrected chi connectivity index (χ3v) is 2.27. The maximum atomic E-state index is 11.0. The topological polar surface area (TPSA) is 29.1 Å². The van der Waals surface area contributed by atoms with Gasteiger partial charge in [0.1, 0.15) is 0 Å². The molecule has 1 amide bonds. The van der Waals surface area contributed by atoms with Gasteiger partial charge >= 0.3 is 0 Å². The quantitative estimate of drug-likeness (QED) is 0.782. The van der Waals surface area contributed by atoms with E-state index in [0.717, 1.165) is 18.5 Å². The number of benzene rings is 1. The molecule has 0 unspecified atom stereocenters. The number of hydrogen-bond donors (Lipinski definition) is 1. The molecule has 76 valence electrons. The Labute approximate surface area is 85.3 Å². The molecule has 1 N–H and O–H groups in total. The van der Waals surface area contributed by atoms with Gasteiger partial charge < -0.3 is 5.32 Å². The van der Waals surface area contributed by atoms with E-state index in [1.807, 2.05) is 0 Å². The second-order valence-corrected chi connectivity index (χ2v) is 3.38. The van der Waals surface area contributed by atoms with Gasteiger partial charge in [-0.2, -0.15) is 0 Å². The molecule has 0 aliphatic carbocycles. The van der Waals surface area contributed by atoms with Gasteiger partial charge in [-0.25, -0.2) is 0 Å². The van der Waals surface area contributed by atoms with Crippen LogP contribution in [-0.2, 0) is 17.6 Å². The number of aryl methyl sites for hydroxylation is 2. The Morgan fingerprint density at radius 3 is 2.50 bits per heavy atom. The van der Waals surface area contributed by atoms with Crippen molar-refractivity contribution in [1.29, 1.82) is 0 Å². The van der Waals surface area contributed by atoms with E-state index in [1.54, 1.807) is 0 Å². The van der Waals surface area contributed by atoms with E-state index in [-0.39, 0.29) is 5.91 Å². The number of anilines is 1. The summed E-state index contributed by atoms with van der Waals surface area (Å²) < 4.78 is 0. The summed E-state index contributed by atoms with van der Waals surface area (Å²) >= 11 is 0. The molecule has 0 radical (unpaired) electrons. The predicted octanol–water partition coefficient (Wildman–Crippen LogP) is 2.77. The summed E-state index contributed by atoms with van der Waals surface area (Å²) in [6.45, 7) is 5.74. The summed E-state index contributed by atoms with van der Waals surface area (Å²) in [5.41, 5.74) is 3.41. The molecule has 0 saturated heterocycles. The number of carbonyl (C=O) groups excluding carboxylic acids is 1. The zero-order chi connectivity index (χ0) is 10.6. The Kier molecular flexibility index (Phi) is 3.69. The lowest BCUT2D eigenvalue weighted by Crippen LogP contribution is -2.08. The fourth-order valence-electron chi connectivity index (χ4n) is 1.46. The monoisotopic (exact) mass is 191 g/mol. The van der Waals surface area contributed by atoms with Crippen LogP contribution in [0.2, 0.25) is 0 Å². The third-order valence-electron chi connectivity index (χ3n) is 2.27. The average Bonchev–Trinajstić information content (AvgIpc) is 2.16. The molecule has 0 heterocycles. The Morgan fingerprint density at radius 1 is 1.29 bits per heavy atom. The van der Waals surface area contributed by atoms with Crippen LogP contribution < -0.4 is 5.32 Å². The van der Waals surface area contributed by atoms with E-state index in [9.17, 15) is 4.79 Å². The Hall–Kier alpha value is -1.31. The first-order valence-corrected chi connectivity index (χ1v) is 5.06. The van der Waals surface area contributed by atoms with Gasteiger partial charge in [0.25, 0.3) is 0 Å². The summed E-state index contributed by atoms with van der Waals surface area (Å²) in [5.74, 6) is -0.00652. The molecular formula is C12H17NO. The summed E-state index contributed by atoms with van der Waals surface area (Å²) in [7, 11) is 0. The van der Waals surface area contributed by atoms with Gasteiger partial charge in [0.05, 0.1) is 0 Å². The Morgan fingerprint density at radius 2 is 2.00 bits per heavy atom. The number of rotatable bonds is 3. The van der Waals surface area contributed by atoms with Crippen LogP contribution in [0.5, 0.6) is 0 Å². The van der Waals surface area contributed by atoms with E-state index in [2.05, 4.69) is 37.4 Å². The molecule has 14 heavy (non-hydrogen) atoms. The molecule has 0 bridgehead atoms. The van der Waals surface area contributed by atoms with Crippen molar-refractivity contribution >= 4 is 11.6 Å². The summed E-state index contributed by atoms with van der Waals surface area (Å²) in [6.07, 6.45) is 1.94. The lowest BCUT2D eigenvalue weighted by molar-refractivity contribution is -0.114. The van der Waals surface area contributed by atoms with Crippen molar-refractivity contribution in [1.82, 2.24) is 0 Å². The van der Waals surface area contributed by atoms with Crippen molar-refractivity contribution < 1.29 is 4.79 Å². The highest BCUT2D eigenvalue weighted by molar-refractivity contribution is 5.89. The molecule has 2 nitrogen and oxygen atoms in total. The molecule has 0 atom stereocenters. The summed E-state index contributed by atoms with van der Waals surface area (Å²) in [5, 5.41) is 2.86. The molecule has 1 rings (SSSR count). The van der Waals surface area contributed by atoms with Crippen molar-refractivity contribution in [2.24, 2.45) is 0 Å². The van der Waals surface area contributed by atoms with Crippen LogP contribution in [0, 0.1) is 0 Å². The van der Waals surface area contributed by atoms with Crippen LogP contribution in [0.1, 0.15) is 31.9 Å². The maximum Gasteiger partial charge on any atom is 0.221 e. The summed E-state index contributed by atoms with van der Waals surface area (Å²) in [6, 6.07) is 6.26. The largest absolute Gasteiger partial charge is 0.326 e. The minimum atomic E-state index is -0.00652. The van der Waals surface area contributed by atoms with Gasteiger partial charge in [-0.1, -0.05) is 26.0 Å². The summed E-state index contributed by atoms with van der Waals surface area (Å²) in [4.78, 5) is 11.0. The van der Waals surface area contributed by atoms with Crippen LogP contribution in [0.25, 0.3) is 0 Å². The average molecular weight is 191 g/mol. The highest BCUT2D eigenvalue weighted by atomic mass is 16.1. The lowest BCUT2D eigenvalue weighted by atomic mass is 10.1. The van der Waals surface area contributed by atoms with Crippen LogP contribution in [0.4, 0.5) is 5.69 Å². The molecule has 0 aliphatic heterocycles. The number of carbonyl (C=O) groups is 1. The van der Waals surface area contributed by atoms with Crippen molar-refractivity contribution in [3.8, 4) is 0 Å². The first kappa shape index (κ1) is 10.8. The van der Waals surface area contributed by atoms with Crippen LogP contribution in [0.15, 0.2) is 18.2 Å². The van der Waals surface area contributed by atoms with Gasteiger partial charge in [-0.3, -0.25) is 4.79 Å².